The molecule has 0 radical (unpaired) electrons. The maximum absolute atomic E-state index is 10.5. The summed E-state index contributed by atoms with van der Waals surface area (Å²) < 4.78 is 1.04. The van der Waals surface area contributed by atoms with Gasteiger partial charge >= 0.3 is 35.2 Å². The molecular formula is C7H8N3NaO4. The number of aryl methyl sites for hydroxylation is 1. The molecule has 1 heterocycles. The number of carboxylic acid groups (broad SMARTS) is 1. The van der Waals surface area contributed by atoms with Crippen LogP contribution in [0.25, 0.3) is 0 Å². The van der Waals surface area contributed by atoms with E-state index in [2.05, 4.69) is 5.10 Å². The minimum Gasteiger partial charge on any atom is -0.548 e. The van der Waals surface area contributed by atoms with E-state index in [-0.39, 0.29) is 46.6 Å². The molecule has 0 aromatic carbocycles. The number of rotatable bonds is 3. The molecule has 76 valence electrons. The monoisotopic (exact) mass is 221 g/mol. The first-order chi connectivity index (χ1) is 6.43. The molecule has 0 aliphatic carbocycles. The van der Waals surface area contributed by atoms with E-state index >= 15 is 0 Å². The fourth-order valence-electron chi connectivity index (χ4n) is 1.23. The van der Waals surface area contributed by atoms with Crippen LogP contribution in [0.3, 0.4) is 0 Å². The molecule has 0 bridgehead atoms. The normalized spacial score (nSPS) is 9.47. The van der Waals surface area contributed by atoms with Gasteiger partial charge < -0.3 is 9.90 Å². The van der Waals surface area contributed by atoms with Crippen LogP contribution in [0.4, 0.5) is 5.69 Å². The van der Waals surface area contributed by atoms with Gasteiger partial charge in [-0.1, -0.05) is 0 Å². The summed E-state index contributed by atoms with van der Waals surface area (Å²) in [7, 11) is 0. The van der Waals surface area contributed by atoms with Crippen LogP contribution in [0.15, 0.2) is 0 Å². The molecule has 0 atom stereocenters. The second-order valence-corrected chi connectivity index (χ2v) is 2.81. The Morgan fingerprint density at radius 2 is 2.07 bits per heavy atom. The van der Waals surface area contributed by atoms with Gasteiger partial charge in [-0.3, -0.25) is 14.8 Å². The van der Waals surface area contributed by atoms with Crippen LogP contribution in [0, 0.1) is 24.0 Å². The van der Waals surface area contributed by atoms with Crippen molar-refractivity contribution in [1.29, 1.82) is 0 Å². The van der Waals surface area contributed by atoms with Gasteiger partial charge in [0.2, 0.25) is 0 Å². The molecule has 15 heavy (non-hydrogen) atoms. The first kappa shape index (κ1) is 14.1. The summed E-state index contributed by atoms with van der Waals surface area (Å²) in [5, 5.41) is 24.5. The molecule has 0 aliphatic rings. The number of hydrogen-bond acceptors (Lipinski definition) is 5. The van der Waals surface area contributed by atoms with E-state index < -0.39 is 17.4 Å². The van der Waals surface area contributed by atoms with Crippen molar-refractivity contribution in [2.75, 3.05) is 0 Å². The van der Waals surface area contributed by atoms with Crippen molar-refractivity contribution < 1.29 is 44.4 Å². The van der Waals surface area contributed by atoms with Crippen molar-refractivity contribution in [3.8, 4) is 0 Å². The third kappa shape index (κ3) is 3.01. The quantitative estimate of drug-likeness (QED) is 0.295. The fraction of sp³-hybridized carbons (Fsp3) is 0.429. The number of carbonyl (C=O) groups is 1. The van der Waals surface area contributed by atoms with E-state index in [1.165, 1.54) is 13.8 Å². The molecular weight excluding hydrogens is 213 g/mol. The zero-order valence-corrected chi connectivity index (χ0v) is 10.7. The summed E-state index contributed by atoms with van der Waals surface area (Å²) >= 11 is 0. The standard InChI is InChI=1S/C7H9N3O4.Na/c1-4-7(10(13)14)5(2)9(8-4)3-6(11)12;/h3H2,1-2H3,(H,11,12);/q;+1/p-1. The van der Waals surface area contributed by atoms with Gasteiger partial charge in [0, 0.05) is 0 Å². The summed E-state index contributed by atoms with van der Waals surface area (Å²) in [4.78, 5) is 20.2. The Morgan fingerprint density at radius 3 is 2.40 bits per heavy atom. The van der Waals surface area contributed by atoms with Gasteiger partial charge in [0.15, 0.2) is 0 Å². The number of nitro groups is 1. The molecule has 7 nitrogen and oxygen atoms in total. The third-order valence-corrected chi connectivity index (χ3v) is 1.80. The van der Waals surface area contributed by atoms with Crippen LogP contribution in [0.1, 0.15) is 11.4 Å². The zero-order valence-electron chi connectivity index (χ0n) is 8.68. The topological polar surface area (TPSA) is 101 Å². The van der Waals surface area contributed by atoms with Crippen molar-refractivity contribution in [2.45, 2.75) is 20.4 Å². The number of aliphatic carboxylic acids is 1. The molecule has 0 amide bonds. The fourth-order valence-corrected chi connectivity index (χ4v) is 1.23. The van der Waals surface area contributed by atoms with E-state index in [0.29, 0.717) is 0 Å². The Bertz CT molecular complexity index is 401. The number of nitrogens with zero attached hydrogens (tertiary/aromatic N) is 3. The number of aromatic nitrogens is 2. The Hall–Kier alpha value is -0.920. The van der Waals surface area contributed by atoms with Crippen molar-refractivity contribution in [3.63, 3.8) is 0 Å². The maximum atomic E-state index is 10.5. The van der Waals surface area contributed by atoms with Crippen LogP contribution < -0.4 is 34.7 Å². The molecule has 8 heteroatoms. The predicted molar refractivity (Wildman–Crippen MR) is 43.4 cm³/mol. The second kappa shape index (κ2) is 5.24. The van der Waals surface area contributed by atoms with Gasteiger partial charge in [-0.25, -0.2) is 0 Å². The first-order valence-electron chi connectivity index (χ1n) is 3.81. The van der Waals surface area contributed by atoms with E-state index in [4.69, 9.17) is 0 Å². The van der Waals surface area contributed by atoms with Crippen molar-refractivity contribution >= 4 is 11.7 Å². The van der Waals surface area contributed by atoms with Crippen LogP contribution in [-0.2, 0) is 11.3 Å². The first-order valence-corrected chi connectivity index (χ1v) is 3.81. The predicted octanol–water partition coefficient (Wildman–Crippen LogP) is -3.84. The second-order valence-electron chi connectivity index (χ2n) is 2.81. The molecule has 0 spiro atoms. The van der Waals surface area contributed by atoms with Crippen LogP contribution in [0.5, 0.6) is 0 Å². The van der Waals surface area contributed by atoms with Crippen molar-refractivity contribution in [3.05, 3.63) is 21.5 Å². The number of carboxylic acids is 1. The number of carbonyl (C=O) groups excluding carboxylic acids is 1. The molecule has 0 aliphatic heterocycles. The molecule has 0 saturated heterocycles. The Morgan fingerprint density at radius 1 is 1.53 bits per heavy atom. The van der Waals surface area contributed by atoms with Crippen LogP contribution in [-0.4, -0.2) is 20.7 Å². The summed E-state index contributed by atoms with van der Waals surface area (Å²) in [6.45, 7) is 2.43. The molecule has 0 saturated carbocycles. The van der Waals surface area contributed by atoms with Gasteiger partial charge in [-0.05, 0) is 13.8 Å². The van der Waals surface area contributed by atoms with E-state index in [0.717, 1.165) is 4.68 Å². The van der Waals surface area contributed by atoms with Gasteiger partial charge in [-0.15, -0.1) is 0 Å². The summed E-state index contributed by atoms with van der Waals surface area (Å²) in [6, 6.07) is 0. The largest absolute Gasteiger partial charge is 1.00 e. The van der Waals surface area contributed by atoms with E-state index in [1.807, 2.05) is 0 Å². The van der Waals surface area contributed by atoms with Crippen LogP contribution in [0.2, 0.25) is 0 Å². The zero-order chi connectivity index (χ0) is 10.9. The van der Waals surface area contributed by atoms with E-state index in [1.54, 1.807) is 0 Å². The smallest absolute Gasteiger partial charge is 0.548 e. The Balaban J connectivity index is 0.00000196. The SMILES string of the molecule is Cc1nn(CC(=O)[O-])c(C)c1[N+](=O)[O-].[Na+]. The van der Waals surface area contributed by atoms with Crippen molar-refractivity contribution in [2.24, 2.45) is 0 Å². The average Bonchev–Trinajstić information content (AvgIpc) is 2.25. The Labute approximate surface area is 108 Å². The van der Waals surface area contributed by atoms with Gasteiger partial charge in [-0.2, -0.15) is 5.10 Å². The molecule has 0 fully saturated rings. The maximum Gasteiger partial charge on any atom is 1.00 e. The third-order valence-electron chi connectivity index (χ3n) is 1.80. The van der Waals surface area contributed by atoms with Gasteiger partial charge in [0.1, 0.15) is 11.4 Å². The number of hydrogen-bond donors (Lipinski definition) is 0. The summed E-state index contributed by atoms with van der Waals surface area (Å²) in [6.07, 6.45) is 0. The van der Waals surface area contributed by atoms with Crippen molar-refractivity contribution in [1.82, 2.24) is 9.78 Å². The minimum atomic E-state index is -1.33. The molecule has 1 aromatic heterocycles. The van der Waals surface area contributed by atoms with E-state index in [9.17, 15) is 20.0 Å². The van der Waals surface area contributed by atoms with Crippen LogP contribution >= 0.6 is 0 Å². The summed E-state index contributed by atoms with van der Waals surface area (Å²) in [5.41, 5.74) is 0.275. The Kier molecular flexibility index (Phi) is 4.92. The minimum absolute atomic E-state index is 0. The summed E-state index contributed by atoms with van der Waals surface area (Å²) in [5.74, 6) is -1.33. The van der Waals surface area contributed by atoms with Gasteiger partial charge in [0.05, 0.1) is 17.4 Å². The molecule has 1 rings (SSSR count). The van der Waals surface area contributed by atoms with Gasteiger partial charge in [0.25, 0.3) is 0 Å². The molecule has 0 N–H and O–H groups in total. The molecule has 1 aromatic rings. The molecule has 0 unspecified atom stereocenters. The average molecular weight is 221 g/mol.